The Morgan fingerprint density at radius 2 is 1.94 bits per heavy atom. The minimum absolute atomic E-state index is 0.0464. The summed E-state index contributed by atoms with van der Waals surface area (Å²) in [6.45, 7) is 0. The molecule has 86 valence electrons. The van der Waals surface area contributed by atoms with Crippen LogP contribution < -0.4 is 5.73 Å². The molecule has 2 nitrogen and oxygen atoms in total. The molecule has 0 radical (unpaired) electrons. The van der Waals surface area contributed by atoms with E-state index in [-0.39, 0.29) is 21.2 Å². The summed E-state index contributed by atoms with van der Waals surface area (Å²) in [6, 6.07) is 5.21. The number of thiophene rings is 1. The van der Waals surface area contributed by atoms with Crippen LogP contribution in [0.4, 0.5) is 14.5 Å². The Morgan fingerprint density at radius 3 is 2.53 bits per heavy atom. The molecular formula is C11H5ClF2N2S. The average molecular weight is 271 g/mol. The van der Waals surface area contributed by atoms with Crippen LogP contribution in [-0.4, -0.2) is 0 Å². The maximum atomic E-state index is 13.6. The number of hydrogen-bond donors (Lipinski definition) is 1. The fourth-order valence-electron chi connectivity index (χ4n) is 1.34. The lowest BCUT2D eigenvalue weighted by Gasteiger charge is -2.01. The summed E-state index contributed by atoms with van der Waals surface area (Å²) in [5.74, 6) is -1.37. The van der Waals surface area contributed by atoms with Gasteiger partial charge in [0.25, 0.3) is 0 Å². The number of rotatable bonds is 1. The first-order valence-electron chi connectivity index (χ1n) is 4.47. The summed E-state index contributed by atoms with van der Waals surface area (Å²) in [5.41, 5.74) is 5.85. The van der Waals surface area contributed by atoms with E-state index >= 15 is 0 Å². The number of nitrogens with zero attached hydrogens (tertiary/aromatic N) is 1. The second-order valence-corrected chi connectivity index (χ2v) is 4.71. The second kappa shape index (κ2) is 4.32. The molecule has 0 spiro atoms. The maximum Gasteiger partial charge on any atom is 0.142 e. The zero-order chi connectivity index (χ0) is 12.6. The van der Waals surface area contributed by atoms with Crippen LogP contribution in [0.25, 0.3) is 10.4 Å². The highest BCUT2D eigenvalue weighted by atomic mass is 35.5. The summed E-state index contributed by atoms with van der Waals surface area (Å²) in [6.07, 6.45) is 0. The molecule has 6 heteroatoms. The third-order valence-corrected chi connectivity index (χ3v) is 3.52. The third-order valence-electron chi connectivity index (χ3n) is 2.14. The van der Waals surface area contributed by atoms with Crippen molar-refractivity contribution in [2.24, 2.45) is 0 Å². The monoisotopic (exact) mass is 270 g/mol. The zero-order valence-electron chi connectivity index (χ0n) is 8.30. The van der Waals surface area contributed by atoms with E-state index in [1.165, 1.54) is 6.07 Å². The van der Waals surface area contributed by atoms with Crippen LogP contribution in [0.3, 0.4) is 0 Å². The highest BCUT2D eigenvalue weighted by Gasteiger charge is 2.14. The number of nitriles is 1. The normalized spacial score (nSPS) is 10.2. The van der Waals surface area contributed by atoms with E-state index in [0.29, 0.717) is 4.88 Å². The highest BCUT2D eigenvalue weighted by molar-refractivity contribution is 7.16. The molecule has 2 aromatic rings. The lowest BCUT2D eigenvalue weighted by atomic mass is 10.1. The van der Waals surface area contributed by atoms with Gasteiger partial charge in [-0.1, -0.05) is 11.6 Å². The van der Waals surface area contributed by atoms with Crippen LogP contribution in [0.15, 0.2) is 18.2 Å². The van der Waals surface area contributed by atoms with Gasteiger partial charge in [-0.25, -0.2) is 8.78 Å². The van der Waals surface area contributed by atoms with E-state index < -0.39 is 11.6 Å². The van der Waals surface area contributed by atoms with Crippen molar-refractivity contribution in [1.82, 2.24) is 0 Å². The molecule has 1 aromatic heterocycles. The molecule has 1 aromatic carbocycles. The first-order chi connectivity index (χ1) is 8.02. The SMILES string of the molecule is N#Cc1sc(-c2cc(F)c(Cl)cc2F)cc1N. The van der Waals surface area contributed by atoms with Crippen LogP contribution >= 0.6 is 22.9 Å². The number of anilines is 1. The third kappa shape index (κ3) is 2.09. The topological polar surface area (TPSA) is 49.8 Å². The van der Waals surface area contributed by atoms with Crippen molar-refractivity contribution in [1.29, 1.82) is 5.26 Å². The summed E-state index contributed by atoms with van der Waals surface area (Å²) < 4.78 is 26.8. The van der Waals surface area contributed by atoms with Gasteiger partial charge in [0, 0.05) is 10.4 Å². The molecule has 2 N–H and O–H groups in total. The Bertz CT molecular complexity index is 631. The largest absolute Gasteiger partial charge is 0.397 e. The minimum atomic E-state index is -0.714. The lowest BCUT2D eigenvalue weighted by molar-refractivity contribution is 0.604. The quantitative estimate of drug-likeness (QED) is 0.801. The van der Waals surface area contributed by atoms with Crippen molar-refractivity contribution in [3.05, 3.63) is 39.7 Å². The van der Waals surface area contributed by atoms with Crippen molar-refractivity contribution in [2.75, 3.05) is 5.73 Å². The van der Waals surface area contributed by atoms with Gasteiger partial charge in [0.15, 0.2) is 0 Å². The van der Waals surface area contributed by atoms with E-state index in [9.17, 15) is 8.78 Å². The Labute approximate surface area is 105 Å². The summed E-state index contributed by atoms with van der Waals surface area (Å²) in [5, 5.41) is 8.46. The van der Waals surface area contributed by atoms with Crippen LogP contribution in [0, 0.1) is 23.0 Å². The van der Waals surface area contributed by atoms with Gasteiger partial charge in [0.1, 0.15) is 22.6 Å². The fourth-order valence-corrected chi connectivity index (χ4v) is 2.38. The molecule has 0 atom stereocenters. The molecule has 17 heavy (non-hydrogen) atoms. The van der Waals surface area contributed by atoms with Crippen molar-refractivity contribution in [3.8, 4) is 16.5 Å². The smallest absolute Gasteiger partial charge is 0.142 e. The molecule has 0 saturated heterocycles. The van der Waals surface area contributed by atoms with Crippen molar-refractivity contribution < 1.29 is 8.78 Å². The summed E-state index contributed by atoms with van der Waals surface area (Å²) in [4.78, 5) is 0.668. The van der Waals surface area contributed by atoms with Crippen LogP contribution in [0.1, 0.15) is 4.88 Å². The van der Waals surface area contributed by atoms with E-state index in [2.05, 4.69) is 0 Å². The van der Waals surface area contributed by atoms with E-state index in [0.717, 1.165) is 23.5 Å². The average Bonchev–Trinajstić information content (AvgIpc) is 2.65. The molecular weight excluding hydrogens is 266 g/mol. The van der Waals surface area contributed by atoms with E-state index in [1.54, 1.807) is 0 Å². The molecule has 0 amide bonds. The van der Waals surface area contributed by atoms with Gasteiger partial charge in [-0.2, -0.15) is 5.26 Å². The van der Waals surface area contributed by atoms with Gasteiger partial charge in [-0.05, 0) is 18.2 Å². The standard InChI is InChI=1S/C11H5ClF2N2S/c12-6-2-7(13)5(1-8(6)14)10-3-9(16)11(4-15)17-10/h1-3H,16H2. The van der Waals surface area contributed by atoms with Crippen LogP contribution in [0.2, 0.25) is 5.02 Å². The molecule has 0 bridgehead atoms. The van der Waals surface area contributed by atoms with E-state index in [1.807, 2.05) is 6.07 Å². The Hall–Kier alpha value is -1.64. The van der Waals surface area contributed by atoms with Crippen molar-refractivity contribution in [3.63, 3.8) is 0 Å². The molecule has 0 fully saturated rings. The maximum absolute atomic E-state index is 13.6. The summed E-state index contributed by atoms with van der Waals surface area (Å²) >= 11 is 6.45. The lowest BCUT2D eigenvalue weighted by Crippen LogP contribution is -1.86. The van der Waals surface area contributed by atoms with Gasteiger partial charge in [0.05, 0.1) is 10.7 Å². The van der Waals surface area contributed by atoms with E-state index in [4.69, 9.17) is 22.6 Å². The molecule has 0 saturated carbocycles. The van der Waals surface area contributed by atoms with Crippen LogP contribution in [0.5, 0.6) is 0 Å². The molecule has 0 aliphatic rings. The van der Waals surface area contributed by atoms with Crippen molar-refractivity contribution >= 4 is 28.6 Å². The van der Waals surface area contributed by atoms with Crippen LogP contribution in [-0.2, 0) is 0 Å². The second-order valence-electron chi connectivity index (χ2n) is 3.25. The zero-order valence-corrected chi connectivity index (χ0v) is 9.87. The van der Waals surface area contributed by atoms with Gasteiger partial charge in [0.2, 0.25) is 0 Å². The summed E-state index contributed by atoms with van der Waals surface area (Å²) in [7, 11) is 0. The van der Waals surface area contributed by atoms with Gasteiger partial charge < -0.3 is 5.73 Å². The molecule has 0 aliphatic carbocycles. The Kier molecular flexibility index (Phi) is 3.01. The molecule has 1 heterocycles. The van der Waals surface area contributed by atoms with Gasteiger partial charge >= 0.3 is 0 Å². The first kappa shape index (κ1) is 11.8. The molecule has 2 rings (SSSR count). The Balaban J connectivity index is 2.61. The Morgan fingerprint density at radius 1 is 1.24 bits per heavy atom. The number of benzene rings is 1. The number of nitrogen functional groups attached to an aromatic ring is 1. The highest BCUT2D eigenvalue weighted by Crippen LogP contribution is 2.35. The predicted octanol–water partition coefficient (Wildman–Crippen LogP) is 3.80. The minimum Gasteiger partial charge on any atom is -0.397 e. The first-order valence-corrected chi connectivity index (χ1v) is 5.66. The van der Waals surface area contributed by atoms with Crippen molar-refractivity contribution in [2.45, 2.75) is 0 Å². The molecule has 0 unspecified atom stereocenters. The number of halogens is 3. The number of nitrogens with two attached hydrogens (primary N) is 1. The predicted molar refractivity (Wildman–Crippen MR) is 63.8 cm³/mol. The van der Waals surface area contributed by atoms with Gasteiger partial charge in [-0.3, -0.25) is 0 Å². The molecule has 0 aliphatic heterocycles. The number of hydrogen-bond acceptors (Lipinski definition) is 3. The fraction of sp³-hybridized carbons (Fsp3) is 0. The van der Waals surface area contributed by atoms with Gasteiger partial charge in [-0.15, -0.1) is 11.3 Å².